The second-order valence-electron chi connectivity index (χ2n) is 2.67. The molecule has 0 atom stereocenters. The molecular weight excluding hydrogens is 212 g/mol. The summed E-state index contributed by atoms with van der Waals surface area (Å²) in [6, 6.07) is 2.00. The summed E-state index contributed by atoms with van der Waals surface area (Å²) in [7, 11) is 0. The van der Waals surface area contributed by atoms with E-state index in [0.717, 1.165) is 22.2 Å². The molecule has 1 aliphatic rings. The number of hydrogen-bond donors (Lipinski definition) is 1. The summed E-state index contributed by atoms with van der Waals surface area (Å²) >= 11 is 4.99. The van der Waals surface area contributed by atoms with Crippen LogP contribution in [0.4, 0.5) is 0 Å². The van der Waals surface area contributed by atoms with E-state index in [2.05, 4.69) is 15.9 Å². The van der Waals surface area contributed by atoms with Gasteiger partial charge < -0.3 is 5.11 Å². The molecule has 3 heteroatoms. The smallest absolute Gasteiger partial charge is 0.0907 e. The molecule has 1 aliphatic carbocycles. The van der Waals surface area contributed by atoms with E-state index >= 15 is 0 Å². The van der Waals surface area contributed by atoms with E-state index in [0.29, 0.717) is 0 Å². The lowest BCUT2D eigenvalue weighted by atomic mass is 10.2. The minimum Gasteiger partial charge on any atom is -0.385 e. The lowest BCUT2D eigenvalue weighted by Crippen LogP contribution is -2.00. The zero-order chi connectivity index (χ0) is 7.19. The molecule has 1 aromatic heterocycles. The molecule has 0 unspecified atom stereocenters. The first-order chi connectivity index (χ1) is 4.71. The van der Waals surface area contributed by atoms with Gasteiger partial charge in [0, 0.05) is 0 Å². The van der Waals surface area contributed by atoms with Gasteiger partial charge in [-0.2, -0.15) is 0 Å². The van der Waals surface area contributed by atoms with Crippen LogP contribution in [0.3, 0.4) is 0 Å². The van der Waals surface area contributed by atoms with E-state index in [-0.39, 0.29) is 0 Å². The van der Waals surface area contributed by atoms with Crippen molar-refractivity contribution in [2.24, 2.45) is 0 Å². The molecule has 0 radical (unpaired) electrons. The van der Waals surface area contributed by atoms with Gasteiger partial charge >= 0.3 is 0 Å². The monoisotopic (exact) mass is 218 g/mol. The Bertz CT molecular complexity index is 252. The van der Waals surface area contributed by atoms with Crippen LogP contribution in [0.2, 0.25) is 0 Å². The summed E-state index contributed by atoms with van der Waals surface area (Å²) in [6.45, 7) is 0. The van der Waals surface area contributed by atoms with Crippen LogP contribution < -0.4 is 0 Å². The Kier molecular flexibility index (Phi) is 1.41. The van der Waals surface area contributed by atoms with Crippen molar-refractivity contribution in [1.82, 2.24) is 0 Å². The highest BCUT2D eigenvalue weighted by Gasteiger charge is 2.42. The second-order valence-corrected chi connectivity index (χ2v) is 4.96. The molecule has 54 valence electrons. The van der Waals surface area contributed by atoms with Crippen molar-refractivity contribution in [3.8, 4) is 0 Å². The van der Waals surface area contributed by atoms with Gasteiger partial charge in [0.15, 0.2) is 0 Å². The van der Waals surface area contributed by atoms with Gasteiger partial charge in [-0.3, -0.25) is 0 Å². The molecule has 0 aliphatic heterocycles. The van der Waals surface area contributed by atoms with Crippen LogP contribution in [0.15, 0.2) is 15.2 Å². The number of rotatable bonds is 1. The molecule has 0 spiro atoms. The standard InChI is InChI=1S/C7H7BrOS/c8-6-3-5(4-10-6)7(9)1-2-7/h3-4,9H,1-2H2. The Morgan fingerprint density at radius 1 is 1.60 bits per heavy atom. The average Bonchev–Trinajstić information content (AvgIpc) is 2.45. The zero-order valence-electron chi connectivity index (χ0n) is 5.30. The lowest BCUT2D eigenvalue weighted by Gasteiger charge is -2.01. The molecule has 1 N–H and O–H groups in total. The molecule has 1 fully saturated rings. The molecule has 0 saturated heterocycles. The molecule has 10 heavy (non-hydrogen) atoms. The van der Waals surface area contributed by atoms with Crippen molar-refractivity contribution in [2.45, 2.75) is 18.4 Å². The van der Waals surface area contributed by atoms with E-state index < -0.39 is 5.60 Å². The molecular formula is C7H7BrOS. The highest BCUT2D eigenvalue weighted by Crippen LogP contribution is 2.47. The summed E-state index contributed by atoms with van der Waals surface area (Å²) in [5, 5.41) is 11.6. The zero-order valence-corrected chi connectivity index (χ0v) is 7.70. The summed E-state index contributed by atoms with van der Waals surface area (Å²) < 4.78 is 1.10. The van der Waals surface area contributed by atoms with Crippen molar-refractivity contribution in [3.63, 3.8) is 0 Å². The Morgan fingerprint density at radius 2 is 2.30 bits per heavy atom. The molecule has 1 nitrogen and oxygen atoms in total. The topological polar surface area (TPSA) is 20.2 Å². The van der Waals surface area contributed by atoms with Crippen LogP contribution in [-0.2, 0) is 5.60 Å². The Labute approximate surface area is 71.8 Å². The molecule has 0 aromatic carbocycles. The third kappa shape index (κ3) is 1.02. The quantitative estimate of drug-likeness (QED) is 0.769. The lowest BCUT2D eigenvalue weighted by molar-refractivity contribution is 0.152. The molecule has 0 amide bonds. The first-order valence-corrected chi connectivity index (χ1v) is 4.85. The van der Waals surface area contributed by atoms with Crippen molar-refractivity contribution in [3.05, 3.63) is 20.8 Å². The van der Waals surface area contributed by atoms with Crippen molar-refractivity contribution < 1.29 is 5.11 Å². The van der Waals surface area contributed by atoms with Crippen molar-refractivity contribution in [2.75, 3.05) is 0 Å². The number of aliphatic hydroxyl groups is 1. The maximum Gasteiger partial charge on any atom is 0.0907 e. The fourth-order valence-electron chi connectivity index (χ4n) is 0.961. The minimum atomic E-state index is -0.456. The normalized spacial score (nSPS) is 21.0. The maximum absolute atomic E-state index is 9.60. The van der Waals surface area contributed by atoms with Crippen LogP contribution >= 0.6 is 27.3 Å². The summed E-state index contributed by atoms with van der Waals surface area (Å²) in [6.07, 6.45) is 1.85. The second kappa shape index (κ2) is 2.06. The van der Waals surface area contributed by atoms with E-state index in [4.69, 9.17) is 0 Å². The molecule has 1 saturated carbocycles. The van der Waals surface area contributed by atoms with Gasteiger partial charge in [0.25, 0.3) is 0 Å². The predicted octanol–water partition coefficient (Wildman–Crippen LogP) is 2.49. The minimum absolute atomic E-state index is 0.456. The Hall–Kier alpha value is 0.140. The number of hydrogen-bond acceptors (Lipinski definition) is 2. The van der Waals surface area contributed by atoms with Crippen LogP contribution in [0.1, 0.15) is 18.4 Å². The van der Waals surface area contributed by atoms with E-state index in [1.165, 1.54) is 0 Å². The highest BCUT2D eigenvalue weighted by atomic mass is 79.9. The summed E-state index contributed by atoms with van der Waals surface area (Å²) in [4.78, 5) is 0. The molecule has 1 aromatic rings. The van der Waals surface area contributed by atoms with Crippen molar-refractivity contribution in [1.29, 1.82) is 0 Å². The van der Waals surface area contributed by atoms with E-state index in [1.54, 1.807) is 11.3 Å². The SMILES string of the molecule is OC1(c2csc(Br)c2)CC1. The largest absolute Gasteiger partial charge is 0.385 e. The van der Waals surface area contributed by atoms with Gasteiger partial charge in [0.1, 0.15) is 0 Å². The van der Waals surface area contributed by atoms with Crippen LogP contribution in [0.5, 0.6) is 0 Å². The summed E-state index contributed by atoms with van der Waals surface area (Å²) in [5.74, 6) is 0. The first kappa shape index (κ1) is 6.83. The van der Waals surface area contributed by atoms with Gasteiger partial charge in [-0.15, -0.1) is 11.3 Å². The predicted molar refractivity (Wildman–Crippen MR) is 45.1 cm³/mol. The fourth-order valence-corrected chi connectivity index (χ4v) is 2.21. The third-order valence-corrected chi connectivity index (χ3v) is 3.33. The van der Waals surface area contributed by atoms with Gasteiger partial charge in [0.2, 0.25) is 0 Å². The van der Waals surface area contributed by atoms with Gasteiger partial charge in [-0.25, -0.2) is 0 Å². The van der Waals surface area contributed by atoms with E-state index in [1.807, 2.05) is 11.4 Å². The average molecular weight is 219 g/mol. The highest BCUT2D eigenvalue weighted by molar-refractivity contribution is 9.11. The number of thiophene rings is 1. The van der Waals surface area contributed by atoms with E-state index in [9.17, 15) is 5.11 Å². The Balaban J connectivity index is 2.34. The van der Waals surface area contributed by atoms with Crippen LogP contribution in [0.25, 0.3) is 0 Å². The van der Waals surface area contributed by atoms with Gasteiger partial charge in [0.05, 0.1) is 9.39 Å². The fraction of sp³-hybridized carbons (Fsp3) is 0.429. The molecule has 0 bridgehead atoms. The van der Waals surface area contributed by atoms with Crippen molar-refractivity contribution >= 4 is 27.3 Å². The first-order valence-electron chi connectivity index (χ1n) is 3.18. The maximum atomic E-state index is 9.60. The summed E-state index contributed by atoms with van der Waals surface area (Å²) in [5.41, 5.74) is 0.618. The molecule has 2 rings (SSSR count). The van der Waals surface area contributed by atoms with Crippen LogP contribution in [0, 0.1) is 0 Å². The molecule has 1 heterocycles. The van der Waals surface area contributed by atoms with Crippen LogP contribution in [-0.4, -0.2) is 5.11 Å². The van der Waals surface area contributed by atoms with Gasteiger partial charge in [-0.05, 0) is 45.8 Å². The Morgan fingerprint density at radius 3 is 2.70 bits per heavy atom. The number of halogens is 1. The third-order valence-electron chi connectivity index (χ3n) is 1.83. The van der Waals surface area contributed by atoms with Gasteiger partial charge in [-0.1, -0.05) is 0 Å².